The topological polar surface area (TPSA) is 88.1 Å². The van der Waals surface area contributed by atoms with Gasteiger partial charge in [-0.1, -0.05) is 0 Å². The molecular formula is C11H16O7. The standard InChI is InChI=1S/C8H12O4.C3H4O3/c1-3-11-7(9)5-6-8(10)12-4-2;4-3-5-1-2-6-3/h5-6H,3-4H2,1-2H3;1-2H2/b6-5-;. The molecule has 7 heteroatoms. The highest BCUT2D eigenvalue weighted by atomic mass is 16.8. The van der Waals surface area contributed by atoms with Crippen LogP contribution in [0, 0.1) is 0 Å². The highest BCUT2D eigenvalue weighted by molar-refractivity contribution is 5.91. The molecule has 0 amide bonds. The third-order valence-electron chi connectivity index (χ3n) is 1.45. The molecule has 1 fully saturated rings. The SMILES string of the molecule is CCOC(=O)/C=C\C(=O)OCC.O=C1OCCO1. The molecule has 0 bridgehead atoms. The number of carbonyl (C=O) groups excluding carboxylic acids is 3. The zero-order valence-corrected chi connectivity index (χ0v) is 10.3. The Bertz CT molecular complexity index is 281. The first-order chi connectivity index (χ1) is 8.60. The van der Waals surface area contributed by atoms with E-state index in [0.29, 0.717) is 26.4 Å². The molecule has 0 aromatic carbocycles. The van der Waals surface area contributed by atoms with Gasteiger partial charge in [-0.2, -0.15) is 0 Å². The Morgan fingerprint density at radius 3 is 1.67 bits per heavy atom. The van der Waals surface area contributed by atoms with Crippen LogP contribution in [0.4, 0.5) is 4.79 Å². The molecule has 0 atom stereocenters. The first-order valence-electron chi connectivity index (χ1n) is 5.41. The maximum atomic E-state index is 10.6. The summed E-state index contributed by atoms with van der Waals surface area (Å²) in [6, 6.07) is 0. The average Bonchev–Trinajstić information content (AvgIpc) is 2.79. The molecular weight excluding hydrogens is 244 g/mol. The van der Waals surface area contributed by atoms with E-state index in [1.165, 1.54) is 0 Å². The van der Waals surface area contributed by atoms with Crippen molar-refractivity contribution in [2.75, 3.05) is 26.4 Å². The zero-order valence-electron chi connectivity index (χ0n) is 10.3. The molecule has 1 aliphatic heterocycles. The van der Waals surface area contributed by atoms with Gasteiger partial charge in [-0.3, -0.25) is 0 Å². The maximum Gasteiger partial charge on any atom is 0.508 e. The maximum absolute atomic E-state index is 10.6. The van der Waals surface area contributed by atoms with Crippen molar-refractivity contribution in [3.63, 3.8) is 0 Å². The summed E-state index contributed by atoms with van der Waals surface area (Å²) in [6.07, 6.45) is 1.54. The van der Waals surface area contributed by atoms with Crippen LogP contribution in [-0.2, 0) is 28.5 Å². The van der Waals surface area contributed by atoms with Crippen LogP contribution in [0.2, 0.25) is 0 Å². The second kappa shape index (κ2) is 10.1. The fourth-order valence-corrected chi connectivity index (χ4v) is 0.808. The molecule has 0 saturated carbocycles. The molecule has 7 nitrogen and oxygen atoms in total. The monoisotopic (exact) mass is 260 g/mol. The van der Waals surface area contributed by atoms with E-state index in [1.54, 1.807) is 13.8 Å². The minimum Gasteiger partial charge on any atom is -0.463 e. The predicted octanol–water partition coefficient (Wildman–Crippen LogP) is 0.822. The van der Waals surface area contributed by atoms with E-state index in [1.807, 2.05) is 0 Å². The second-order valence-electron chi connectivity index (χ2n) is 2.78. The van der Waals surface area contributed by atoms with Gasteiger partial charge in [0.2, 0.25) is 0 Å². The van der Waals surface area contributed by atoms with Crippen LogP contribution < -0.4 is 0 Å². The number of hydrogen-bond acceptors (Lipinski definition) is 7. The quantitative estimate of drug-likeness (QED) is 0.420. The van der Waals surface area contributed by atoms with E-state index in [2.05, 4.69) is 18.9 Å². The lowest BCUT2D eigenvalue weighted by Crippen LogP contribution is -2.03. The molecule has 0 aromatic heterocycles. The van der Waals surface area contributed by atoms with E-state index in [9.17, 15) is 14.4 Å². The lowest BCUT2D eigenvalue weighted by molar-refractivity contribution is -0.140. The molecule has 0 aromatic rings. The molecule has 1 aliphatic rings. The van der Waals surface area contributed by atoms with Gasteiger partial charge < -0.3 is 18.9 Å². The third kappa shape index (κ3) is 9.20. The normalized spacial score (nSPS) is 13.1. The largest absolute Gasteiger partial charge is 0.508 e. The first kappa shape index (κ1) is 16.0. The summed E-state index contributed by atoms with van der Waals surface area (Å²) in [6.45, 7) is 4.81. The average molecular weight is 260 g/mol. The molecule has 18 heavy (non-hydrogen) atoms. The zero-order chi connectivity index (χ0) is 13.8. The van der Waals surface area contributed by atoms with Crippen LogP contribution in [0.15, 0.2) is 12.2 Å². The molecule has 0 radical (unpaired) electrons. The Labute approximate surface area is 105 Å². The van der Waals surface area contributed by atoms with Crippen molar-refractivity contribution in [3.8, 4) is 0 Å². The van der Waals surface area contributed by atoms with Crippen LogP contribution >= 0.6 is 0 Å². The van der Waals surface area contributed by atoms with Crippen LogP contribution in [0.3, 0.4) is 0 Å². The van der Waals surface area contributed by atoms with Gasteiger partial charge in [-0.05, 0) is 13.8 Å². The van der Waals surface area contributed by atoms with Crippen molar-refractivity contribution >= 4 is 18.1 Å². The van der Waals surface area contributed by atoms with Gasteiger partial charge in [0.25, 0.3) is 0 Å². The van der Waals surface area contributed by atoms with E-state index < -0.39 is 18.1 Å². The first-order valence-corrected chi connectivity index (χ1v) is 5.41. The van der Waals surface area contributed by atoms with Crippen LogP contribution in [0.1, 0.15) is 13.8 Å². The Morgan fingerprint density at radius 2 is 1.44 bits per heavy atom. The lowest BCUT2D eigenvalue weighted by atomic mass is 10.5. The Balaban J connectivity index is 0.000000397. The summed E-state index contributed by atoms with van der Waals surface area (Å²) in [4.78, 5) is 31.1. The van der Waals surface area contributed by atoms with Crippen molar-refractivity contribution in [2.24, 2.45) is 0 Å². The Hall–Kier alpha value is -2.05. The minimum absolute atomic E-state index is 0.298. The van der Waals surface area contributed by atoms with Crippen molar-refractivity contribution in [2.45, 2.75) is 13.8 Å². The highest BCUT2D eigenvalue weighted by Crippen LogP contribution is 1.92. The van der Waals surface area contributed by atoms with Crippen molar-refractivity contribution in [1.82, 2.24) is 0 Å². The molecule has 1 rings (SSSR count). The number of rotatable bonds is 4. The fraction of sp³-hybridized carbons (Fsp3) is 0.545. The van der Waals surface area contributed by atoms with Crippen molar-refractivity contribution < 1.29 is 33.3 Å². The molecule has 1 saturated heterocycles. The number of cyclic esters (lactones) is 2. The van der Waals surface area contributed by atoms with Crippen LogP contribution in [-0.4, -0.2) is 44.5 Å². The Morgan fingerprint density at radius 1 is 1.06 bits per heavy atom. The van der Waals surface area contributed by atoms with Crippen LogP contribution in [0.5, 0.6) is 0 Å². The van der Waals surface area contributed by atoms with Gasteiger partial charge in [-0.25, -0.2) is 14.4 Å². The van der Waals surface area contributed by atoms with Crippen molar-refractivity contribution in [3.05, 3.63) is 12.2 Å². The molecule has 0 unspecified atom stereocenters. The molecule has 0 aliphatic carbocycles. The van der Waals surface area contributed by atoms with Gasteiger partial charge in [-0.15, -0.1) is 0 Å². The summed E-state index contributed by atoms with van der Waals surface area (Å²) in [5.41, 5.74) is 0. The molecule has 0 spiro atoms. The van der Waals surface area contributed by atoms with E-state index in [0.717, 1.165) is 12.2 Å². The summed E-state index contributed by atoms with van der Waals surface area (Å²) >= 11 is 0. The van der Waals surface area contributed by atoms with E-state index in [4.69, 9.17) is 0 Å². The van der Waals surface area contributed by atoms with Crippen LogP contribution in [0.25, 0.3) is 0 Å². The van der Waals surface area contributed by atoms with Gasteiger partial charge in [0.15, 0.2) is 0 Å². The van der Waals surface area contributed by atoms with E-state index >= 15 is 0 Å². The second-order valence-corrected chi connectivity index (χ2v) is 2.78. The molecule has 102 valence electrons. The fourth-order valence-electron chi connectivity index (χ4n) is 0.808. The van der Waals surface area contributed by atoms with Gasteiger partial charge in [0, 0.05) is 12.2 Å². The molecule has 0 N–H and O–H groups in total. The molecule has 1 heterocycles. The van der Waals surface area contributed by atoms with Gasteiger partial charge in [0.05, 0.1) is 13.2 Å². The van der Waals surface area contributed by atoms with Gasteiger partial charge in [0.1, 0.15) is 13.2 Å². The predicted molar refractivity (Wildman–Crippen MR) is 59.7 cm³/mol. The summed E-state index contributed by atoms with van der Waals surface area (Å²) in [5, 5.41) is 0. The lowest BCUT2D eigenvalue weighted by Gasteiger charge is -1.95. The minimum atomic E-state index is -0.546. The number of ether oxygens (including phenoxy) is 4. The Kier molecular flexibility index (Phi) is 8.97. The summed E-state index contributed by atoms with van der Waals surface area (Å²) in [5.74, 6) is -1.07. The van der Waals surface area contributed by atoms with E-state index in [-0.39, 0.29) is 0 Å². The third-order valence-corrected chi connectivity index (χ3v) is 1.45. The van der Waals surface area contributed by atoms with Gasteiger partial charge >= 0.3 is 18.1 Å². The number of carbonyl (C=O) groups is 3. The smallest absolute Gasteiger partial charge is 0.463 e. The number of esters is 2. The van der Waals surface area contributed by atoms with Crippen molar-refractivity contribution in [1.29, 1.82) is 0 Å². The summed E-state index contributed by atoms with van der Waals surface area (Å²) in [7, 11) is 0. The highest BCUT2D eigenvalue weighted by Gasteiger charge is 2.09. The summed E-state index contributed by atoms with van der Waals surface area (Å²) < 4.78 is 17.7. The number of hydrogen-bond donors (Lipinski definition) is 0.